The van der Waals surface area contributed by atoms with Crippen molar-refractivity contribution in [2.24, 2.45) is 0 Å². The standard InChI is InChI=1S/C18H15NO3/c1-12(20)16-17(14-10-6-7-11-15(14)21-2)19-22-18(16)13-8-4-3-5-9-13/h3-11H,1-2H3. The largest absolute Gasteiger partial charge is 0.496 e. The van der Waals surface area contributed by atoms with Gasteiger partial charge in [-0.2, -0.15) is 0 Å². The lowest BCUT2D eigenvalue weighted by atomic mass is 9.99. The number of ether oxygens (including phenoxy) is 1. The number of nitrogens with zero attached hydrogens (tertiary/aromatic N) is 1. The molecule has 0 bridgehead atoms. The summed E-state index contributed by atoms with van der Waals surface area (Å²) in [6.07, 6.45) is 0. The first-order chi connectivity index (χ1) is 10.7. The minimum atomic E-state index is -0.0963. The van der Waals surface area contributed by atoms with Crippen molar-refractivity contribution in [3.05, 3.63) is 60.2 Å². The molecule has 4 nitrogen and oxygen atoms in total. The van der Waals surface area contributed by atoms with Gasteiger partial charge in [-0.15, -0.1) is 0 Å². The van der Waals surface area contributed by atoms with Gasteiger partial charge < -0.3 is 9.26 Å². The highest BCUT2D eigenvalue weighted by Gasteiger charge is 2.24. The predicted octanol–water partition coefficient (Wildman–Crippen LogP) is 4.22. The first kappa shape index (κ1) is 14.1. The number of Topliss-reactive ketones (excluding diaryl/α,β-unsaturated/α-hetero) is 1. The lowest BCUT2D eigenvalue weighted by Crippen LogP contribution is -1.97. The van der Waals surface area contributed by atoms with Crippen molar-refractivity contribution in [3.63, 3.8) is 0 Å². The maximum Gasteiger partial charge on any atom is 0.178 e. The van der Waals surface area contributed by atoms with Gasteiger partial charge in [0.05, 0.1) is 12.7 Å². The number of aromatic nitrogens is 1. The average molecular weight is 293 g/mol. The Kier molecular flexibility index (Phi) is 3.74. The number of hydrogen-bond acceptors (Lipinski definition) is 4. The Bertz CT molecular complexity index is 806. The fourth-order valence-corrected chi connectivity index (χ4v) is 2.43. The topological polar surface area (TPSA) is 52.3 Å². The molecule has 2 aromatic carbocycles. The summed E-state index contributed by atoms with van der Waals surface area (Å²) in [6.45, 7) is 1.51. The van der Waals surface area contributed by atoms with E-state index in [0.29, 0.717) is 22.8 Å². The molecule has 0 saturated heterocycles. The van der Waals surface area contributed by atoms with Crippen molar-refractivity contribution in [2.45, 2.75) is 6.92 Å². The molecule has 0 aliphatic rings. The van der Waals surface area contributed by atoms with E-state index in [-0.39, 0.29) is 5.78 Å². The highest BCUT2D eigenvalue weighted by molar-refractivity contribution is 6.05. The van der Waals surface area contributed by atoms with Crippen LogP contribution < -0.4 is 4.74 Å². The third-order valence-electron chi connectivity index (χ3n) is 3.44. The van der Waals surface area contributed by atoms with Gasteiger partial charge in [-0.05, 0) is 19.1 Å². The lowest BCUT2D eigenvalue weighted by Gasteiger charge is -2.06. The van der Waals surface area contributed by atoms with E-state index in [9.17, 15) is 4.79 Å². The molecule has 3 aromatic rings. The zero-order valence-electron chi connectivity index (χ0n) is 12.4. The number of carbonyl (C=O) groups excluding carboxylic acids is 1. The van der Waals surface area contributed by atoms with E-state index in [0.717, 1.165) is 11.1 Å². The van der Waals surface area contributed by atoms with E-state index in [1.165, 1.54) is 6.92 Å². The molecule has 0 amide bonds. The molecule has 110 valence electrons. The van der Waals surface area contributed by atoms with Gasteiger partial charge in [0.2, 0.25) is 0 Å². The van der Waals surface area contributed by atoms with Crippen LogP contribution in [0.3, 0.4) is 0 Å². The van der Waals surface area contributed by atoms with Crippen LogP contribution in [0.25, 0.3) is 22.6 Å². The lowest BCUT2D eigenvalue weighted by molar-refractivity contribution is 0.101. The summed E-state index contributed by atoms with van der Waals surface area (Å²) in [7, 11) is 1.59. The molecule has 0 aliphatic heterocycles. The summed E-state index contributed by atoms with van der Waals surface area (Å²) < 4.78 is 10.8. The van der Waals surface area contributed by atoms with Crippen LogP contribution in [-0.2, 0) is 0 Å². The van der Waals surface area contributed by atoms with Crippen molar-refractivity contribution in [3.8, 4) is 28.3 Å². The van der Waals surface area contributed by atoms with Gasteiger partial charge in [0.25, 0.3) is 0 Å². The van der Waals surface area contributed by atoms with E-state index in [2.05, 4.69) is 5.16 Å². The molecule has 0 N–H and O–H groups in total. The van der Waals surface area contributed by atoms with Gasteiger partial charge in [0, 0.05) is 11.1 Å². The average Bonchev–Trinajstić information content (AvgIpc) is 3.00. The zero-order valence-corrected chi connectivity index (χ0v) is 12.4. The van der Waals surface area contributed by atoms with Crippen LogP contribution in [0.15, 0.2) is 59.1 Å². The second kappa shape index (κ2) is 5.85. The molecular formula is C18H15NO3. The number of ketones is 1. The van der Waals surface area contributed by atoms with Crippen molar-refractivity contribution < 1.29 is 14.1 Å². The second-order valence-corrected chi connectivity index (χ2v) is 4.86. The highest BCUT2D eigenvalue weighted by atomic mass is 16.5. The molecule has 1 heterocycles. The summed E-state index contributed by atoms with van der Waals surface area (Å²) in [4.78, 5) is 12.2. The first-order valence-corrected chi connectivity index (χ1v) is 6.91. The number of benzene rings is 2. The molecule has 0 unspecified atom stereocenters. The Morgan fingerprint density at radius 1 is 1.05 bits per heavy atom. The Morgan fingerprint density at radius 2 is 1.73 bits per heavy atom. The predicted molar refractivity (Wildman–Crippen MR) is 83.9 cm³/mol. The van der Waals surface area contributed by atoms with Crippen molar-refractivity contribution in [1.29, 1.82) is 0 Å². The van der Waals surface area contributed by atoms with Crippen molar-refractivity contribution in [1.82, 2.24) is 5.16 Å². The molecule has 4 heteroatoms. The Hall–Kier alpha value is -2.88. The van der Waals surface area contributed by atoms with Crippen LogP contribution in [0, 0.1) is 0 Å². The van der Waals surface area contributed by atoms with E-state index in [1.54, 1.807) is 7.11 Å². The Labute approximate surface area is 128 Å². The van der Waals surface area contributed by atoms with Crippen LogP contribution in [0.2, 0.25) is 0 Å². The second-order valence-electron chi connectivity index (χ2n) is 4.86. The van der Waals surface area contributed by atoms with Crippen molar-refractivity contribution in [2.75, 3.05) is 7.11 Å². The SMILES string of the molecule is COc1ccccc1-c1noc(-c2ccccc2)c1C(C)=O. The highest BCUT2D eigenvalue weighted by Crippen LogP contribution is 2.36. The number of para-hydroxylation sites is 1. The number of hydrogen-bond donors (Lipinski definition) is 0. The molecule has 3 rings (SSSR count). The van der Waals surface area contributed by atoms with Crippen LogP contribution in [0.4, 0.5) is 0 Å². The van der Waals surface area contributed by atoms with E-state index >= 15 is 0 Å². The minimum Gasteiger partial charge on any atom is -0.496 e. The Balaban J connectivity index is 2.22. The Morgan fingerprint density at radius 3 is 2.41 bits per heavy atom. The third kappa shape index (κ3) is 2.39. The smallest absolute Gasteiger partial charge is 0.178 e. The molecule has 0 saturated carbocycles. The fraction of sp³-hybridized carbons (Fsp3) is 0.111. The van der Waals surface area contributed by atoms with Crippen LogP contribution in [0.5, 0.6) is 5.75 Å². The van der Waals surface area contributed by atoms with E-state index in [1.807, 2.05) is 54.6 Å². The zero-order chi connectivity index (χ0) is 15.5. The summed E-state index contributed by atoms with van der Waals surface area (Å²) in [5, 5.41) is 4.12. The molecule has 0 spiro atoms. The van der Waals surface area contributed by atoms with Gasteiger partial charge >= 0.3 is 0 Å². The number of methoxy groups -OCH3 is 1. The number of rotatable bonds is 4. The molecular weight excluding hydrogens is 278 g/mol. The normalized spacial score (nSPS) is 10.5. The van der Waals surface area contributed by atoms with Gasteiger partial charge in [0.15, 0.2) is 11.5 Å². The number of carbonyl (C=O) groups is 1. The summed E-state index contributed by atoms with van der Waals surface area (Å²) >= 11 is 0. The summed E-state index contributed by atoms with van der Waals surface area (Å²) in [6, 6.07) is 16.9. The van der Waals surface area contributed by atoms with Gasteiger partial charge in [-0.3, -0.25) is 4.79 Å². The third-order valence-corrected chi connectivity index (χ3v) is 3.44. The monoisotopic (exact) mass is 293 g/mol. The molecule has 1 aromatic heterocycles. The maximum absolute atomic E-state index is 12.2. The molecule has 0 fully saturated rings. The fourth-order valence-electron chi connectivity index (χ4n) is 2.43. The van der Waals surface area contributed by atoms with Crippen LogP contribution in [-0.4, -0.2) is 18.0 Å². The molecule has 0 aliphatic carbocycles. The quantitative estimate of drug-likeness (QED) is 0.676. The summed E-state index contributed by atoms with van der Waals surface area (Å²) in [5.41, 5.74) is 2.53. The van der Waals surface area contributed by atoms with Gasteiger partial charge in [0.1, 0.15) is 11.4 Å². The molecule has 0 radical (unpaired) electrons. The summed E-state index contributed by atoms with van der Waals surface area (Å²) in [5.74, 6) is 1.04. The van der Waals surface area contributed by atoms with E-state index in [4.69, 9.17) is 9.26 Å². The molecule has 0 atom stereocenters. The van der Waals surface area contributed by atoms with Crippen LogP contribution >= 0.6 is 0 Å². The van der Waals surface area contributed by atoms with Gasteiger partial charge in [-0.25, -0.2) is 0 Å². The maximum atomic E-state index is 12.2. The minimum absolute atomic E-state index is 0.0963. The van der Waals surface area contributed by atoms with E-state index < -0.39 is 0 Å². The van der Waals surface area contributed by atoms with Crippen LogP contribution in [0.1, 0.15) is 17.3 Å². The first-order valence-electron chi connectivity index (χ1n) is 6.91. The van der Waals surface area contributed by atoms with Crippen molar-refractivity contribution >= 4 is 5.78 Å². The van der Waals surface area contributed by atoms with Gasteiger partial charge in [-0.1, -0.05) is 47.6 Å². The molecule has 22 heavy (non-hydrogen) atoms.